The molecule has 1 aromatic heterocycles. The van der Waals surface area contributed by atoms with Crippen molar-refractivity contribution in [3.8, 4) is 0 Å². The zero-order valence-electron chi connectivity index (χ0n) is 8.54. The number of aromatic nitrogens is 1. The molecule has 4 heteroatoms. The molecule has 0 unspecified atom stereocenters. The van der Waals surface area contributed by atoms with Gasteiger partial charge in [0.2, 0.25) is 5.78 Å². The van der Waals surface area contributed by atoms with Crippen molar-refractivity contribution in [2.24, 2.45) is 0 Å². The predicted octanol–water partition coefficient (Wildman–Crippen LogP) is 0.385. The maximum absolute atomic E-state index is 11.2. The highest BCUT2D eigenvalue weighted by molar-refractivity contribution is 6.36. The third-order valence-electron chi connectivity index (χ3n) is 2.47. The number of rotatable bonds is 3. The molecule has 1 aliphatic rings. The summed E-state index contributed by atoms with van der Waals surface area (Å²) >= 11 is 0. The van der Waals surface area contributed by atoms with Crippen LogP contribution in [0.2, 0.25) is 0 Å². The number of fused-ring (bicyclic) bond motifs is 1. The zero-order chi connectivity index (χ0) is 10.8. The number of carbonyl (C=O) groups is 2. The van der Waals surface area contributed by atoms with E-state index in [1.807, 2.05) is 12.1 Å². The first kappa shape index (κ1) is 9.98. The molecule has 0 bridgehead atoms. The third-order valence-corrected chi connectivity index (χ3v) is 2.47. The van der Waals surface area contributed by atoms with E-state index in [-0.39, 0.29) is 12.2 Å². The first-order valence-electron chi connectivity index (χ1n) is 4.89. The topological polar surface area (TPSA) is 59.1 Å². The van der Waals surface area contributed by atoms with Gasteiger partial charge in [0.15, 0.2) is 5.78 Å². The van der Waals surface area contributed by atoms with Gasteiger partial charge < -0.3 is 5.32 Å². The summed E-state index contributed by atoms with van der Waals surface area (Å²) in [7, 11) is 0. The summed E-state index contributed by atoms with van der Waals surface area (Å²) < 4.78 is 0. The Hall–Kier alpha value is -1.55. The predicted molar refractivity (Wildman–Crippen MR) is 54.2 cm³/mol. The molecule has 0 radical (unpaired) electrons. The highest BCUT2D eigenvalue weighted by Gasteiger charge is 2.14. The van der Waals surface area contributed by atoms with Crippen molar-refractivity contribution in [2.75, 3.05) is 0 Å². The molecule has 0 spiro atoms. The fourth-order valence-corrected chi connectivity index (χ4v) is 1.59. The lowest BCUT2D eigenvalue weighted by molar-refractivity contribution is -0.134. The molecule has 78 valence electrons. The third kappa shape index (κ3) is 2.10. The van der Waals surface area contributed by atoms with Gasteiger partial charge in [0.25, 0.3) is 0 Å². The van der Waals surface area contributed by atoms with Gasteiger partial charge in [-0.1, -0.05) is 6.07 Å². The van der Waals surface area contributed by atoms with Crippen LogP contribution in [-0.4, -0.2) is 16.6 Å². The van der Waals surface area contributed by atoms with Gasteiger partial charge in [-0.3, -0.25) is 14.6 Å². The van der Waals surface area contributed by atoms with Gasteiger partial charge in [-0.15, -0.1) is 0 Å². The maximum Gasteiger partial charge on any atom is 0.204 e. The second-order valence-electron chi connectivity index (χ2n) is 3.67. The molecule has 1 aliphatic heterocycles. The zero-order valence-corrected chi connectivity index (χ0v) is 8.54. The van der Waals surface area contributed by atoms with Gasteiger partial charge in [-0.25, -0.2) is 0 Å². The smallest absolute Gasteiger partial charge is 0.204 e. The van der Waals surface area contributed by atoms with Crippen molar-refractivity contribution in [3.63, 3.8) is 0 Å². The van der Waals surface area contributed by atoms with Gasteiger partial charge in [-0.2, -0.15) is 0 Å². The lowest BCUT2D eigenvalue weighted by Crippen LogP contribution is -2.13. The Bertz CT molecular complexity index is 427. The van der Waals surface area contributed by atoms with E-state index in [4.69, 9.17) is 0 Å². The molecule has 0 amide bonds. The quantitative estimate of drug-likeness (QED) is 0.723. The molecule has 0 saturated heterocycles. The van der Waals surface area contributed by atoms with Crippen molar-refractivity contribution < 1.29 is 9.59 Å². The Morgan fingerprint density at radius 2 is 2.20 bits per heavy atom. The lowest BCUT2D eigenvalue weighted by Gasteiger charge is -2.01. The maximum atomic E-state index is 11.2. The Morgan fingerprint density at radius 1 is 1.40 bits per heavy atom. The monoisotopic (exact) mass is 204 g/mol. The minimum atomic E-state index is -0.407. The minimum absolute atomic E-state index is 0.114. The number of Topliss-reactive ketones (excluding diaryl/α,β-unsaturated/α-hetero) is 2. The summed E-state index contributed by atoms with van der Waals surface area (Å²) in [5, 5.41) is 3.18. The number of carbonyl (C=O) groups excluding carboxylic acids is 2. The van der Waals surface area contributed by atoms with Crippen molar-refractivity contribution in [1.29, 1.82) is 0 Å². The second-order valence-corrected chi connectivity index (χ2v) is 3.67. The molecule has 0 aliphatic carbocycles. The normalized spacial score (nSPS) is 13.7. The first-order chi connectivity index (χ1) is 7.16. The summed E-state index contributed by atoms with van der Waals surface area (Å²) in [5.74, 6) is -0.788. The molecule has 4 nitrogen and oxygen atoms in total. The molecule has 1 aromatic rings. The van der Waals surface area contributed by atoms with E-state index in [1.54, 1.807) is 0 Å². The van der Waals surface area contributed by atoms with Crippen LogP contribution in [0, 0.1) is 0 Å². The summed E-state index contributed by atoms with van der Waals surface area (Å²) in [6, 6.07) is 3.78. The number of hydrogen-bond acceptors (Lipinski definition) is 4. The van der Waals surface area contributed by atoms with Crippen LogP contribution in [-0.2, 0) is 29.1 Å². The van der Waals surface area contributed by atoms with Crippen molar-refractivity contribution in [1.82, 2.24) is 10.3 Å². The van der Waals surface area contributed by atoms with E-state index in [1.165, 1.54) is 12.5 Å². The van der Waals surface area contributed by atoms with Crippen molar-refractivity contribution in [3.05, 3.63) is 29.1 Å². The van der Waals surface area contributed by atoms with E-state index in [0.717, 1.165) is 18.8 Å². The van der Waals surface area contributed by atoms with Gasteiger partial charge >= 0.3 is 0 Å². The van der Waals surface area contributed by atoms with E-state index in [0.29, 0.717) is 5.69 Å². The molecule has 0 saturated carbocycles. The Kier molecular flexibility index (Phi) is 2.60. The summed E-state index contributed by atoms with van der Waals surface area (Å²) in [6.07, 6.45) is 0.114. The molecule has 2 heterocycles. The number of nitrogens with one attached hydrogen (secondary N) is 1. The van der Waals surface area contributed by atoms with E-state index < -0.39 is 5.78 Å². The fraction of sp³-hybridized carbons (Fsp3) is 0.364. The summed E-state index contributed by atoms with van der Waals surface area (Å²) in [5.41, 5.74) is 2.84. The van der Waals surface area contributed by atoms with Crippen molar-refractivity contribution in [2.45, 2.75) is 26.4 Å². The SMILES string of the molecule is CC(=O)C(=O)Cc1ccc2c(n1)CNC2. The average Bonchev–Trinajstić information content (AvgIpc) is 2.64. The second kappa shape index (κ2) is 3.90. The molecule has 0 fully saturated rings. The summed E-state index contributed by atoms with van der Waals surface area (Å²) in [4.78, 5) is 26.3. The molecule has 0 atom stereocenters. The standard InChI is InChI=1S/C11H12N2O2/c1-7(14)11(15)4-9-3-2-8-5-12-6-10(8)13-9/h2-3,12H,4-6H2,1H3. The fourth-order valence-electron chi connectivity index (χ4n) is 1.59. The van der Waals surface area contributed by atoms with Gasteiger partial charge in [0.1, 0.15) is 0 Å². The van der Waals surface area contributed by atoms with E-state index >= 15 is 0 Å². The van der Waals surface area contributed by atoms with Gasteiger partial charge in [0, 0.05) is 25.7 Å². The lowest BCUT2D eigenvalue weighted by atomic mass is 10.1. The molecule has 15 heavy (non-hydrogen) atoms. The number of pyridine rings is 1. The average molecular weight is 204 g/mol. The highest BCUT2D eigenvalue weighted by atomic mass is 16.2. The van der Waals surface area contributed by atoms with Crippen LogP contribution in [0.1, 0.15) is 23.9 Å². The molecule has 0 aromatic carbocycles. The van der Waals surface area contributed by atoms with Crippen LogP contribution in [0.25, 0.3) is 0 Å². The van der Waals surface area contributed by atoms with Crippen LogP contribution in [0.5, 0.6) is 0 Å². The highest BCUT2D eigenvalue weighted by Crippen LogP contribution is 2.13. The first-order valence-corrected chi connectivity index (χ1v) is 4.89. The number of hydrogen-bond donors (Lipinski definition) is 1. The molecule has 2 rings (SSSR count). The van der Waals surface area contributed by atoms with Crippen molar-refractivity contribution >= 4 is 11.6 Å². The molecular weight excluding hydrogens is 192 g/mol. The van der Waals surface area contributed by atoms with Crippen LogP contribution in [0.15, 0.2) is 12.1 Å². The Morgan fingerprint density at radius 3 is 2.93 bits per heavy atom. The number of nitrogens with zero attached hydrogens (tertiary/aromatic N) is 1. The van der Waals surface area contributed by atoms with E-state index in [9.17, 15) is 9.59 Å². The summed E-state index contributed by atoms with van der Waals surface area (Å²) in [6.45, 7) is 2.87. The van der Waals surface area contributed by atoms with E-state index in [2.05, 4.69) is 10.3 Å². The minimum Gasteiger partial charge on any atom is -0.307 e. The van der Waals surface area contributed by atoms with Crippen LogP contribution >= 0.6 is 0 Å². The van der Waals surface area contributed by atoms with Crippen LogP contribution < -0.4 is 5.32 Å². The largest absolute Gasteiger partial charge is 0.307 e. The van der Waals surface area contributed by atoms with Crippen LogP contribution in [0.3, 0.4) is 0 Å². The number of ketones is 2. The Labute approximate surface area is 87.7 Å². The van der Waals surface area contributed by atoms with Gasteiger partial charge in [0.05, 0.1) is 12.1 Å². The van der Waals surface area contributed by atoms with Crippen LogP contribution in [0.4, 0.5) is 0 Å². The Balaban J connectivity index is 2.17. The molecular formula is C11H12N2O2. The van der Waals surface area contributed by atoms with Gasteiger partial charge in [-0.05, 0) is 11.6 Å². The molecule has 1 N–H and O–H groups in total.